The molecule has 0 aliphatic heterocycles. The van der Waals surface area contributed by atoms with Crippen molar-refractivity contribution in [3.05, 3.63) is 102 Å². The SMILES string of the molecule is Cc1noc(-c2ccc(-c3ccccc3)cc2)c1CCC(=O)N(C)Cc1ccccc1F. The Kier molecular flexibility index (Phi) is 6.45. The zero-order chi connectivity index (χ0) is 22.5. The molecule has 0 aliphatic carbocycles. The fourth-order valence-electron chi connectivity index (χ4n) is 3.75. The number of nitrogens with zero attached hydrogens (tertiary/aromatic N) is 2. The minimum atomic E-state index is -0.303. The van der Waals surface area contributed by atoms with E-state index in [-0.39, 0.29) is 18.3 Å². The Morgan fingerprint density at radius 1 is 0.906 bits per heavy atom. The number of aromatic nitrogens is 1. The monoisotopic (exact) mass is 428 g/mol. The zero-order valence-electron chi connectivity index (χ0n) is 18.2. The highest BCUT2D eigenvalue weighted by Crippen LogP contribution is 2.29. The number of carbonyl (C=O) groups is 1. The summed E-state index contributed by atoms with van der Waals surface area (Å²) in [4.78, 5) is 14.2. The standard InChI is InChI=1S/C27H25FN2O2/c1-19-24(16-17-26(31)30(2)18-23-10-6-7-11-25(23)28)27(32-29-19)22-14-12-21(13-15-22)20-8-4-3-5-9-20/h3-15H,16-18H2,1-2H3. The molecule has 0 N–H and O–H groups in total. The van der Waals surface area contributed by atoms with Crippen LogP contribution in [0.2, 0.25) is 0 Å². The van der Waals surface area contributed by atoms with E-state index >= 15 is 0 Å². The van der Waals surface area contributed by atoms with Gasteiger partial charge in [-0.3, -0.25) is 4.79 Å². The molecule has 4 rings (SSSR count). The molecule has 0 unspecified atom stereocenters. The smallest absolute Gasteiger partial charge is 0.222 e. The van der Waals surface area contributed by atoms with Crippen molar-refractivity contribution < 1.29 is 13.7 Å². The van der Waals surface area contributed by atoms with Crippen LogP contribution in [0.4, 0.5) is 4.39 Å². The molecule has 0 aliphatic rings. The van der Waals surface area contributed by atoms with E-state index < -0.39 is 0 Å². The third kappa shape index (κ3) is 4.78. The van der Waals surface area contributed by atoms with E-state index in [1.807, 2.05) is 37.3 Å². The molecule has 0 bridgehead atoms. The van der Waals surface area contributed by atoms with Gasteiger partial charge in [0, 0.05) is 36.7 Å². The van der Waals surface area contributed by atoms with Crippen molar-refractivity contribution in [2.45, 2.75) is 26.3 Å². The second-order valence-electron chi connectivity index (χ2n) is 7.86. The summed E-state index contributed by atoms with van der Waals surface area (Å²) in [7, 11) is 1.69. The maximum Gasteiger partial charge on any atom is 0.222 e. The van der Waals surface area contributed by atoms with Gasteiger partial charge < -0.3 is 9.42 Å². The topological polar surface area (TPSA) is 46.3 Å². The maximum atomic E-state index is 13.9. The minimum Gasteiger partial charge on any atom is -0.356 e. The lowest BCUT2D eigenvalue weighted by molar-refractivity contribution is -0.130. The van der Waals surface area contributed by atoms with Crippen molar-refractivity contribution in [1.29, 1.82) is 0 Å². The first kappa shape index (κ1) is 21.5. The molecule has 0 atom stereocenters. The highest BCUT2D eigenvalue weighted by molar-refractivity contribution is 5.77. The van der Waals surface area contributed by atoms with E-state index in [9.17, 15) is 9.18 Å². The first-order valence-electron chi connectivity index (χ1n) is 10.6. The summed E-state index contributed by atoms with van der Waals surface area (Å²) in [5.74, 6) is 0.328. The van der Waals surface area contributed by atoms with Crippen molar-refractivity contribution in [2.24, 2.45) is 0 Å². The van der Waals surface area contributed by atoms with Crippen LogP contribution < -0.4 is 0 Å². The molecule has 4 nitrogen and oxygen atoms in total. The largest absolute Gasteiger partial charge is 0.356 e. The lowest BCUT2D eigenvalue weighted by Gasteiger charge is -2.17. The third-order valence-corrected chi connectivity index (χ3v) is 5.62. The highest BCUT2D eigenvalue weighted by Gasteiger charge is 2.18. The zero-order valence-corrected chi connectivity index (χ0v) is 18.2. The Hall–Kier alpha value is -3.73. The van der Waals surface area contributed by atoms with Gasteiger partial charge in [-0.2, -0.15) is 0 Å². The van der Waals surface area contributed by atoms with Crippen molar-refractivity contribution in [3.63, 3.8) is 0 Å². The van der Waals surface area contributed by atoms with E-state index in [1.54, 1.807) is 30.1 Å². The van der Waals surface area contributed by atoms with Crippen LogP contribution in [-0.2, 0) is 17.8 Å². The minimum absolute atomic E-state index is 0.0563. The first-order chi connectivity index (χ1) is 15.5. The number of hydrogen-bond donors (Lipinski definition) is 0. The fourth-order valence-corrected chi connectivity index (χ4v) is 3.75. The Labute approximate surface area is 187 Å². The van der Waals surface area contributed by atoms with E-state index in [4.69, 9.17) is 4.52 Å². The summed E-state index contributed by atoms with van der Waals surface area (Å²) in [5.41, 5.74) is 5.39. The van der Waals surface area contributed by atoms with Gasteiger partial charge in [-0.05, 0) is 30.5 Å². The third-order valence-electron chi connectivity index (χ3n) is 5.62. The Morgan fingerprint density at radius 3 is 2.25 bits per heavy atom. The van der Waals surface area contributed by atoms with Crippen LogP contribution in [0.1, 0.15) is 23.2 Å². The van der Waals surface area contributed by atoms with Gasteiger partial charge in [0.1, 0.15) is 5.82 Å². The summed E-state index contributed by atoms with van der Waals surface area (Å²) in [6.45, 7) is 2.12. The molecule has 0 saturated heterocycles. The number of halogens is 1. The molecule has 4 aromatic rings. The lowest BCUT2D eigenvalue weighted by atomic mass is 9.99. The van der Waals surface area contributed by atoms with Crippen LogP contribution in [-0.4, -0.2) is 23.0 Å². The van der Waals surface area contributed by atoms with Crippen LogP contribution in [0.3, 0.4) is 0 Å². The van der Waals surface area contributed by atoms with Crippen LogP contribution in [0.25, 0.3) is 22.5 Å². The second kappa shape index (κ2) is 9.60. The Bertz CT molecular complexity index is 1200. The Balaban J connectivity index is 1.45. The average Bonchev–Trinajstić information content (AvgIpc) is 3.19. The van der Waals surface area contributed by atoms with E-state index in [1.165, 1.54) is 6.07 Å². The number of carbonyl (C=O) groups excluding carboxylic acids is 1. The maximum absolute atomic E-state index is 13.9. The molecule has 5 heteroatoms. The average molecular weight is 429 g/mol. The molecule has 0 radical (unpaired) electrons. The van der Waals surface area contributed by atoms with Crippen molar-refractivity contribution in [1.82, 2.24) is 10.1 Å². The first-order valence-corrected chi connectivity index (χ1v) is 10.6. The molecule has 32 heavy (non-hydrogen) atoms. The number of amides is 1. The Morgan fingerprint density at radius 2 is 1.53 bits per heavy atom. The normalized spacial score (nSPS) is 10.8. The lowest BCUT2D eigenvalue weighted by Crippen LogP contribution is -2.26. The number of hydrogen-bond acceptors (Lipinski definition) is 3. The van der Waals surface area contributed by atoms with Gasteiger partial charge >= 0.3 is 0 Å². The van der Waals surface area contributed by atoms with E-state index in [0.29, 0.717) is 24.2 Å². The molecular weight excluding hydrogens is 403 g/mol. The number of aryl methyl sites for hydroxylation is 1. The van der Waals surface area contributed by atoms with Crippen LogP contribution in [0.5, 0.6) is 0 Å². The molecule has 3 aromatic carbocycles. The van der Waals surface area contributed by atoms with E-state index in [0.717, 1.165) is 27.9 Å². The number of rotatable bonds is 7. The molecule has 162 valence electrons. The second-order valence-corrected chi connectivity index (χ2v) is 7.86. The summed E-state index contributed by atoms with van der Waals surface area (Å²) in [6.07, 6.45) is 0.799. The van der Waals surface area contributed by atoms with Crippen molar-refractivity contribution >= 4 is 5.91 Å². The van der Waals surface area contributed by atoms with Crippen molar-refractivity contribution in [3.8, 4) is 22.5 Å². The molecule has 0 spiro atoms. The molecule has 1 heterocycles. The fraction of sp³-hybridized carbons (Fsp3) is 0.185. The molecule has 1 amide bonds. The summed E-state index contributed by atoms with van der Waals surface area (Å²) in [6, 6.07) is 24.8. The molecular formula is C27H25FN2O2. The quantitative estimate of drug-likeness (QED) is 0.360. The van der Waals surface area contributed by atoms with Crippen LogP contribution in [0, 0.1) is 12.7 Å². The summed E-state index contributed by atoms with van der Waals surface area (Å²) < 4.78 is 19.5. The van der Waals surface area contributed by atoms with Gasteiger partial charge in [0.2, 0.25) is 5.91 Å². The van der Waals surface area contributed by atoms with Gasteiger partial charge in [-0.1, -0.05) is 78.0 Å². The molecule has 0 saturated carbocycles. The summed E-state index contributed by atoms with van der Waals surface area (Å²) in [5, 5.41) is 4.13. The number of benzene rings is 3. The van der Waals surface area contributed by atoms with Crippen molar-refractivity contribution in [2.75, 3.05) is 7.05 Å². The predicted octanol–water partition coefficient (Wildman–Crippen LogP) is 6.05. The molecule has 1 aromatic heterocycles. The van der Waals surface area contributed by atoms with Gasteiger partial charge in [0.15, 0.2) is 5.76 Å². The van der Waals surface area contributed by atoms with Crippen LogP contribution >= 0.6 is 0 Å². The van der Waals surface area contributed by atoms with Gasteiger partial charge in [0.25, 0.3) is 0 Å². The molecule has 0 fully saturated rings. The van der Waals surface area contributed by atoms with Gasteiger partial charge in [-0.15, -0.1) is 0 Å². The van der Waals surface area contributed by atoms with Crippen LogP contribution in [0.15, 0.2) is 83.4 Å². The van der Waals surface area contributed by atoms with Gasteiger partial charge in [-0.25, -0.2) is 4.39 Å². The predicted molar refractivity (Wildman–Crippen MR) is 123 cm³/mol. The highest BCUT2D eigenvalue weighted by atomic mass is 19.1. The van der Waals surface area contributed by atoms with E-state index in [2.05, 4.69) is 29.4 Å². The van der Waals surface area contributed by atoms with Gasteiger partial charge in [0.05, 0.1) is 5.69 Å². The summed E-state index contributed by atoms with van der Waals surface area (Å²) >= 11 is 0.